The predicted molar refractivity (Wildman–Crippen MR) is 205 cm³/mol. The number of hydrogen-bond acceptors (Lipinski definition) is 13. The van der Waals surface area contributed by atoms with E-state index >= 15 is 0 Å². The third-order valence-electron chi connectivity index (χ3n) is 12.5. The highest BCUT2D eigenvalue weighted by atomic mass is 16.7. The van der Waals surface area contributed by atoms with Gasteiger partial charge in [0, 0.05) is 35.0 Å². The fraction of sp³-hybridized carbons (Fsp3) is 0.714. The number of rotatable bonds is 7. The molecule has 0 saturated carbocycles. The number of aliphatic hydroxyl groups is 1. The first-order valence-electron chi connectivity index (χ1n) is 19.9. The van der Waals surface area contributed by atoms with Crippen LogP contribution in [0.25, 0.3) is 10.9 Å². The van der Waals surface area contributed by atoms with Crippen LogP contribution < -0.4 is 0 Å². The molecule has 5 heterocycles. The van der Waals surface area contributed by atoms with E-state index in [2.05, 4.69) is 17.1 Å². The molecule has 3 unspecified atom stereocenters. The number of esters is 1. The topological polar surface area (TPSA) is 147 Å². The van der Waals surface area contributed by atoms with Crippen molar-refractivity contribution in [2.24, 2.45) is 28.8 Å². The molecule has 4 aliphatic rings. The summed E-state index contributed by atoms with van der Waals surface area (Å²) < 4.78 is 39.8. The molecule has 6 rings (SSSR count). The summed E-state index contributed by atoms with van der Waals surface area (Å²) in [7, 11) is 3.86. The normalized spacial score (nSPS) is 41.2. The third-order valence-corrected chi connectivity index (χ3v) is 12.5. The Morgan fingerprint density at radius 1 is 1.02 bits per heavy atom. The minimum Gasteiger partial charge on any atom is -0.459 e. The number of aromatic nitrogens is 1. The smallest absolute Gasteiger partial charge is 0.311 e. The van der Waals surface area contributed by atoms with E-state index in [-0.39, 0.29) is 43.7 Å². The van der Waals surface area contributed by atoms with Crippen molar-refractivity contribution < 1.29 is 48.0 Å². The third kappa shape index (κ3) is 8.35. The largest absolute Gasteiger partial charge is 0.459 e. The van der Waals surface area contributed by atoms with Crippen molar-refractivity contribution in [2.75, 3.05) is 27.3 Å². The number of ether oxygens (including phenoxy) is 6. The predicted octanol–water partition coefficient (Wildman–Crippen LogP) is 5.09. The molecule has 4 bridgehead atoms. The van der Waals surface area contributed by atoms with Crippen molar-refractivity contribution in [2.45, 2.75) is 141 Å². The van der Waals surface area contributed by atoms with Crippen LogP contribution in [0.5, 0.6) is 0 Å². The van der Waals surface area contributed by atoms with E-state index in [1.54, 1.807) is 20.0 Å². The molecule has 0 aliphatic carbocycles. The number of ketones is 1. The van der Waals surface area contributed by atoms with E-state index in [1.807, 2.05) is 83.9 Å². The molecule has 0 radical (unpaired) electrons. The van der Waals surface area contributed by atoms with Gasteiger partial charge in [0.1, 0.15) is 24.5 Å². The maximum Gasteiger partial charge on any atom is 0.311 e. The number of cyclic esters (lactones) is 1. The zero-order valence-corrected chi connectivity index (χ0v) is 34.1. The number of carbonyl (C=O) groups excluding carboxylic acids is 2. The molecule has 4 fully saturated rings. The molecule has 13 heteroatoms. The lowest BCUT2D eigenvalue weighted by atomic mass is 9.75. The first kappa shape index (κ1) is 41.6. The highest BCUT2D eigenvalue weighted by Gasteiger charge is 2.58. The zero-order valence-electron chi connectivity index (χ0n) is 34.1. The van der Waals surface area contributed by atoms with Gasteiger partial charge in [0.15, 0.2) is 17.7 Å². The molecule has 304 valence electrons. The highest BCUT2D eigenvalue weighted by molar-refractivity contribution is 5.92. The number of nitrogens with zero attached hydrogens (tertiary/aromatic N) is 3. The molecular weight excluding hydrogens is 706 g/mol. The van der Waals surface area contributed by atoms with Crippen LogP contribution in [-0.2, 0) is 49.5 Å². The van der Waals surface area contributed by atoms with Crippen molar-refractivity contribution >= 4 is 28.4 Å². The Balaban J connectivity index is 1.40. The molecule has 0 amide bonds. The highest BCUT2D eigenvalue weighted by Crippen LogP contribution is 2.45. The van der Waals surface area contributed by atoms with Crippen molar-refractivity contribution in [1.29, 1.82) is 0 Å². The van der Waals surface area contributed by atoms with Gasteiger partial charge in [-0.25, -0.2) is 0 Å². The summed E-state index contributed by atoms with van der Waals surface area (Å²) in [4.78, 5) is 40.6. The summed E-state index contributed by atoms with van der Waals surface area (Å²) in [6.07, 6.45) is -1.79. The van der Waals surface area contributed by atoms with Gasteiger partial charge in [-0.1, -0.05) is 51.0 Å². The second kappa shape index (κ2) is 16.8. The van der Waals surface area contributed by atoms with Gasteiger partial charge < -0.3 is 43.3 Å². The molecule has 14 atom stereocenters. The lowest BCUT2D eigenvalue weighted by Gasteiger charge is -2.48. The van der Waals surface area contributed by atoms with Gasteiger partial charge >= 0.3 is 5.97 Å². The number of carbonyl (C=O) groups is 2. The van der Waals surface area contributed by atoms with Crippen LogP contribution in [0.2, 0.25) is 0 Å². The standard InChI is InChI=1S/C42H61N3O10/c1-11-33-42(8)37(47)25(4)35(55-42)23(2)19-41(7)38(54-40-34(46)32(45(9)10)18-24(3)52-40)26(5)36(27(6)39(48)53-33)49-21-29(22-50-41)44-51-20-28-16-17-43-31-15-13-12-14-30(28)31/h12-17,23-27,32-36,38,40,46H,11,18-22H2,1-10H3/b44-29+/t23-,24-,25?,26-,27-,32+,33-,34-,35?,36+,38-,40+,41-,42?/m1/s1. The summed E-state index contributed by atoms with van der Waals surface area (Å²) in [5.41, 5.74) is -0.122. The fourth-order valence-electron chi connectivity index (χ4n) is 9.42. The molecule has 55 heavy (non-hydrogen) atoms. The van der Waals surface area contributed by atoms with Crippen LogP contribution in [0.4, 0.5) is 0 Å². The van der Waals surface area contributed by atoms with Crippen LogP contribution in [0, 0.1) is 23.7 Å². The van der Waals surface area contributed by atoms with Gasteiger partial charge in [0.05, 0.1) is 54.7 Å². The van der Waals surface area contributed by atoms with Crippen LogP contribution in [-0.4, -0.2) is 120 Å². The van der Waals surface area contributed by atoms with Crippen LogP contribution >= 0.6 is 0 Å². The number of benzene rings is 1. The molecule has 1 aromatic carbocycles. The monoisotopic (exact) mass is 767 g/mol. The fourth-order valence-corrected chi connectivity index (χ4v) is 9.42. The summed E-state index contributed by atoms with van der Waals surface area (Å²) >= 11 is 0. The number of pyridine rings is 1. The van der Waals surface area contributed by atoms with E-state index in [0.717, 1.165) is 16.5 Å². The molecule has 0 spiro atoms. The van der Waals surface area contributed by atoms with Gasteiger partial charge in [-0.15, -0.1) is 0 Å². The summed E-state index contributed by atoms with van der Waals surface area (Å²) in [5, 5.41) is 17.2. The molecule has 1 aromatic heterocycles. The van der Waals surface area contributed by atoms with Crippen LogP contribution in [0.15, 0.2) is 41.7 Å². The average molecular weight is 768 g/mol. The van der Waals surface area contributed by atoms with E-state index in [1.165, 1.54) is 0 Å². The molecule has 4 aliphatic heterocycles. The quantitative estimate of drug-likeness (QED) is 0.296. The molecule has 2 aromatic rings. The number of aliphatic hydroxyl groups excluding tert-OH is 1. The Morgan fingerprint density at radius 3 is 2.49 bits per heavy atom. The van der Waals surface area contributed by atoms with Crippen molar-refractivity contribution in [3.8, 4) is 0 Å². The molecule has 13 nitrogen and oxygen atoms in total. The number of Topliss-reactive ketones (excluding diaryl/α,β-unsaturated/α-hetero) is 1. The van der Waals surface area contributed by atoms with Crippen LogP contribution in [0.1, 0.15) is 80.2 Å². The van der Waals surface area contributed by atoms with Crippen molar-refractivity contribution in [3.05, 3.63) is 42.1 Å². The Labute approximate surface area is 325 Å². The minimum absolute atomic E-state index is 0.0144. The Hall–Kier alpha value is -3.04. The first-order valence-corrected chi connectivity index (χ1v) is 19.9. The van der Waals surface area contributed by atoms with E-state index in [9.17, 15) is 14.7 Å². The number of likely N-dealkylation sites (N-methyl/N-ethyl adjacent to an activating group) is 1. The Kier molecular flexibility index (Phi) is 12.7. The second-order valence-electron chi connectivity index (χ2n) is 16.9. The summed E-state index contributed by atoms with van der Waals surface area (Å²) in [6.45, 7) is 15.5. The van der Waals surface area contributed by atoms with Gasteiger partial charge in [-0.2, -0.15) is 0 Å². The number of fused-ring (bicyclic) bond motifs is 6. The van der Waals surface area contributed by atoms with Crippen molar-refractivity contribution in [1.82, 2.24) is 9.88 Å². The van der Waals surface area contributed by atoms with Gasteiger partial charge in [-0.05, 0) is 79.1 Å². The lowest BCUT2D eigenvalue weighted by Crippen LogP contribution is -2.59. The van der Waals surface area contributed by atoms with Crippen molar-refractivity contribution in [3.63, 3.8) is 0 Å². The maximum absolute atomic E-state index is 14.2. The van der Waals surface area contributed by atoms with E-state index in [0.29, 0.717) is 25.0 Å². The SMILES string of the molecule is CC[C@H]1OC(=O)[C@H](C)[C@H]2OC/C(=N\OCc3ccnc4ccccc34)CO[C@](C)(C[C@@H](C)C3OC1(C)C(=O)C3C)[C@H](O[C@@H]1O[C@H](C)C[C@H](N(C)C)[C@H]1O)[C@@H]2C. The lowest BCUT2D eigenvalue weighted by molar-refractivity contribution is -0.302. The number of hydrogen-bond donors (Lipinski definition) is 1. The molecular formula is C42H61N3O10. The Bertz CT molecular complexity index is 1700. The zero-order chi connectivity index (χ0) is 39.8. The second-order valence-corrected chi connectivity index (χ2v) is 16.9. The summed E-state index contributed by atoms with van der Waals surface area (Å²) in [6, 6.07) is 9.55. The number of oxime groups is 1. The van der Waals surface area contributed by atoms with Crippen LogP contribution in [0.3, 0.4) is 0 Å². The van der Waals surface area contributed by atoms with E-state index in [4.69, 9.17) is 33.3 Å². The number of para-hydroxylation sites is 1. The first-order chi connectivity index (χ1) is 26.1. The van der Waals surface area contributed by atoms with E-state index < -0.39 is 71.7 Å². The maximum atomic E-state index is 14.2. The van der Waals surface area contributed by atoms with Gasteiger partial charge in [-0.3, -0.25) is 14.6 Å². The van der Waals surface area contributed by atoms with Gasteiger partial charge in [0.25, 0.3) is 0 Å². The average Bonchev–Trinajstić information content (AvgIpc) is 3.41. The molecule has 4 saturated heterocycles. The van der Waals surface area contributed by atoms with Gasteiger partial charge in [0.2, 0.25) is 0 Å². The Morgan fingerprint density at radius 2 is 1.76 bits per heavy atom. The summed E-state index contributed by atoms with van der Waals surface area (Å²) in [5.74, 6) is -2.56. The molecule has 1 N–H and O–H groups in total. The minimum atomic E-state index is -1.31.